The third-order valence-corrected chi connectivity index (χ3v) is 3.61. The summed E-state index contributed by atoms with van der Waals surface area (Å²) < 4.78 is 0. The van der Waals surface area contributed by atoms with E-state index in [1.165, 1.54) is 5.56 Å². The van der Waals surface area contributed by atoms with Gasteiger partial charge in [0.15, 0.2) is 5.78 Å². The van der Waals surface area contributed by atoms with Gasteiger partial charge in [0.05, 0.1) is 0 Å². The third kappa shape index (κ3) is 3.68. The van der Waals surface area contributed by atoms with Crippen molar-refractivity contribution in [1.82, 2.24) is 0 Å². The number of hydrogen-bond donors (Lipinski definition) is 0. The molecule has 98 valence electrons. The van der Waals surface area contributed by atoms with Crippen LogP contribution in [0.5, 0.6) is 0 Å². The summed E-state index contributed by atoms with van der Waals surface area (Å²) in [6, 6.07) is 17.3. The van der Waals surface area contributed by atoms with E-state index in [4.69, 9.17) is 11.6 Å². The molecular weight excluding hydrogens is 256 g/mol. The fourth-order valence-corrected chi connectivity index (χ4v) is 2.33. The molecule has 1 atom stereocenters. The van der Waals surface area contributed by atoms with E-state index in [0.717, 1.165) is 12.0 Å². The summed E-state index contributed by atoms with van der Waals surface area (Å²) in [5.41, 5.74) is 1.96. The molecule has 0 saturated heterocycles. The predicted octanol–water partition coefficient (Wildman–Crippen LogP) is 5.11. The summed E-state index contributed by atoms with van der Waals surface area (Å²) in [7, 11) is 0. The molecule has 0 aliphatic rings. The Balaban J connectivity index is 2.10. The maximum Gasteiger partial charge on any atom is 0.163 e. The number of ketones is 1. The first kappa shape index (κ1) is 13.8. The van der Waals surface area contributed by atoms with Gasteiger partial charge in [-0.15, -0.1) is 0 Å². The molecule has 0 fully saturated rings. The smallest absolute Gasteiger partial charge is 0.163 e. The number of carbonyl (C=O) groups is 1. The maximum absolute atomic E-state index is 12.3. The van der Waals surface area contributed by atoms with Crippen LogP contribution in [0.1, 0.15) is 41.6 Å². The molecule has 0 aromatic heterocycles. The lowest BCUT2D eigenvalue weighted by molar-refractivity contribution is 0.0973. The Morgan fingerprint density at radius 3 is 2.26 bits per heavy atom. The van der Waals surface area contributed by atoms with Gasteiger partial charge in [0.25, 0.3) is 0 Å². The Morgan fingerprint density at radius 2 is 1.68 bits per heavy atom. The molecule has 0 amide bonds. The van der Waals surface area contributed by atoms with Crippen molar-refractivity contribution in [3.63, 3.8) is 0 Å². The second kappa shape index (κ2) is 6.53. The lowest BCUT2D eigenvalue weighted by Crippen LogP contribution is -2.07. The van der Waals surface area contributed by atoms with Crippen LogP contribution in [0.25, 0.3) is 0 Å². The fraction of sp³-hybridized carbons (Fsp3) is 0.235. The van der Waals surface area contributed by atoms with E-state index in [1.54, 1.807) is 24.3 Å². The van der Waals surface area contributed by atoms with Crippen molar-refractivity contribution in [3.8, 4) is 0 Å². The average Bonchev–Trinajstić information content (AvgIpc) is 2.46. The molecule has 0 bridgehead atoms. The zero-order chi connectivity index (χ0) is 13.7. The van der Waals surface area contributed by atoms with Crippen molar-refractivity contribution in [2.45, 2.75) is 25.7 Å². The summed E-state index contributed by atoms with van der Waals surface area (Å²) in [6.45, 7) is 2.12. The summed E-state index contributed by atoms with van der Waals surface area (Å²) in [5.74, 6) is 0.455. The van der Waals surface area contributed by atoms with Crippen molar-refractivity contribution in [2.75, 3.05) is 0 Å². The highest BCUT2D eigenvalue weighted by molar-refractivity contribution is 6.30. The summed E-state index contributed by atoms with van der Waals surface area (Å²) in [6.07, 6.45) is 1.51. The van der Waals surface area contributed by atoms with Crippen LogP contribution in [0.15, 0.2) is 54.6 Å². The molecule has 0 aliphatic carbocycles. The van der Waals surface area contributed by atoms with Crippen LogP contribution < -0.4 is 0 Å². The fourth-order valence-electron chi connectivity index (χ4n) is 2.20. The second-order valence-corrected chi connectivity index (χ2v) is 5.09. The van der Waals surface area contributed by atoms with E-state index in [2.05, 4.69) is 19.1 Å². The van der Waals surface area contributed by atoms with E-state index in [9.17, 15) is 4.79 Å². The number of benzene rings is 2. The SMILES string of the molecule is CC[C@H](CC(=O)c1ccc(Cl)cc1)c1ccccc1. The molecular formula is C17H17ClO. The van der Waals surface area contributed by atoms with Gasteiger partial charge in [0.2, 0.25) is 0 Å². The van der Waals surface area contributed by atoms with E-state index in [0.29, 0.717) is 11.4 Å². The number of halogens is 1. The molecule has 0 radical (unpaired) electrons. The second-order valence-electron chi connectivity index (χ2n) is 4.65. The highest BCUT2D eigenvalue weighted by Gasteiger charge is 2.15. The van der Waals surface area contributed by atoms with E-state index < -0.39 is 0 Å². The number of hydrogen-bond acceptors (Lipinski definition) is 1. The monoisotopic (exact) mass is 272 g/mol. The van der Waals surface area contributed by atoms with Gasteiger partial charge in [-0.25, -0.2) is 0 Å². The molecule has 0 saturated carbocycles. The van der Waals surface area contributed by atoms with Crippen LogP contribution in [0.2, 0.25) is 5.02 Å². The van der Waals surface area contributed by atoms with E-state index in [-0.39, 0.29) is 11.7 Å². The van der Waals surface area contributed by atoms with Gasteiger partial charge in [-0.05, 0) is 42.2 Å². The lowest BCUT2D eigenvalue weighted by Gasteiger charge is -2.14. The van der Waals surface area contributed by atoms with Crippen LogP contribution in [0, 0.1) is 0 Å². The molecule has 2 heteroatoms. The average molecular weight is 273 g/mol. The first-order chi connectivity index (χ1) is 9.20. The van der Waals surface area contributed by atoms with Crippen LogP contribution in [-0.4, -0.2) is 5.78 Å². The standard InChI is InChI=1S/C17H17ClO/c1-2-13(14-6-4-3-5-7-14)12-17(19)15-8-10-16(18)11-9-15/h3-11,13H,2,12H2,1H3/t13-/m1/s1. The minimum absolute atomic E-state index is 0.173. The molecule has 2 aromatic rings. The van der Waals surface area contributed by atoms with Crippen molar-refractivity contribution in [1.29, 1.82) is 0 Å². The number of rotatable bonds is 5. The molecule has 0 heterocycles. The van der Waals surface area contributed by atoms with Crippen molar-refractivity contribution >= 4 is 17.4 Å². The van der Waals surface area contributed by atoms with E-state index >= 15 is 0 Å². The normalized spacial score (nSPS) is 12.1. The zero-order valence-electron chi connectivity index (χ0n) is 11.0. The summed E-state index contributed by atoms with van der Waals surface area (Å²) >= 11 is 5.83. The zero-order valence-corrected chi connectivity index (χ0v) is 11.7. The minimum atomic E-state index is 0.173. The van der Waals surface area contributed by atoms with Gasteiger partial charge >= 0.3 is 0 Å². The minimum Gasteiger partial charge on any atom is -0.294 e. The quantitative estimate of drug-likeness (QED) is 0.692. The maximum atomic E-state index is 12.3. The molecule has 0 unspecified atom stereocenters. The van der Waals surface area contributed by atoms with Crippen molar-refractivity contribution < 1.29 is 4.79 Å². The summed E-state index contributed by atoms with van der Waals surface area (Å²) in [4.78, 5) is 12.3. The molecule has 2 aromatic carbocycles. The first-order valence-corrected chi connectivity index (χ1v) is 6.92. The Morgan fingerprint density at radius 1 is 1.05 bits per heavy atom. The molecule has 0 aliphatic heterocycles. The van der Waals surface area contributed by atoms with Crippen LogP contribution >= 0.6 is 11.6 Å². The van der Waals surface area contributed by atoms with Crippen LogP contribution in [0.3, 0.4) is 0 Å². The Hall–Kier alpha value is -1.60. The van der Waals surface area contributed by atoms with Gasteiger partial charge in [0.1, 0.15) is 0 Å². The molecule has 1 nitrogen and oxygen atoms in total. The Bertz CT molecular complexity index is 531. The van der Waals surface area contributed by atoms with Crippen molar-refractivity contribution in [2.24, 2.45) is 0 Å². The van der Waals surface area contributed by atoms with Gasteiger partial charge in [0, 0.05) is 17.0 Å². The summed E-state index contributed by atoms with van der Waals surface area (Å²) in [5, 5.41) is 0.659. The Kier molecular flexibility index (Phi) is 4.75. The number of carbonyl (C=O) groups excluding carboxylic acids is 1. The Labute approximate surface area is 119 Å². The van der Waals surface area contributed by atoms with Crippen LogP contribution in [-0.2, 0) is 0 Å². The van der Waals surface area contributed by atoms with Gasteiger partial charge in [-0.3, -0.25) is 4.79 Å². The van der Waals surface area contributed by atoms with Crippen LogP contribution in [0.4, 0.5) is 0 Å². The third-order valence-electron chi connectivity index (χ3n) is 3.36. The first-order valence-electron chi connectivity index (χ1n) is 6.54. The van der Waals surface area contributed by atoms with E-state index in [1.807, 2.05) is 18.2 Å². The molecule has 0 spiro atoms. The largest absolute Gasteiger partial charge is 0.294 e. The predicted molar refractivity (Wildman–Crippen MR) is 79.9 cm³/mol. The van der Waals surface area contributed by atoms with Gasteiger partial charge in [-0.1, -0.05) is 48.9 Å². The molecule has 19 heavy (non-hydrogen) atoms. The highest BCUT2D eigenvalue weighted by Crippen LogP contribution is 2.25. The molecule has 2 rings (SSSR count). The topological polar surface area (TPSA) is 17.1 Å². The highest BCUT2D eigenvalue weighted by atomic mass is 35.5. The van der Waals surface area contributed by atoms with Gasteiger partial charge < -0.3 is 0 Å². The number of Topliss-reactive ketones (excluding diaryl/α,β-unsaturated/α-hetero) is 1. The lowest BCUT2D eigenvalue weighted by atomic mass is 9.90. The van der Waals surface area contributed by atoms with Gasteiger partial charge in [-0.2, -0.15) is 0 Å². The molecule has 0 N–H and O–H groups in total. The van der Waals surface area contributed by atoms with Crippen molar-refractivity contribution in [3.05, 3.63) is 70.7 Å².